The molecule has 88 valence electrons. The first-order valence-electron chi connectivity index (χ1n) is 5.06. The van der Waals surface area contributed by atoms with Crippen LogP contribution in [0.1, 0.15) is 26.4 Å². The van der Waals surface area contributed by atoms with Crippen molar-refractivity contribution in [2.75, 3.05) is 0 Å². The normalized spacial score (nSPS) is 10.6. The minimum Gasteiger partial charge on any atom is -0.288 e. The third kappa shape index (κ3) is 2.54. The summed E-state index contributed by atoms with van der Waals surface area (Å²) in [6, 6.07) is 7.13. The first-order valence-corrected chi connectivity index (χ1v) is 6.63. The summed E-state index contributed by atoms with van der Waals surface area (Å²) in [7, 11) is 0. The Labute approximate surface area is 114 Å². The topological polar surface area (TPSA) is 17.1 Å². The van der Waals surface area contributed by atoms with E-state index in [1.54, 1.807) is 12.1 Å². The number of aryl methyl sites for hydroxylation is 2. The number of rotatable bonds is 2. The fourth-order valence-electron chi connectivity index (χ4n) is 1.54. The summed E-state index contributed by atoms with van der Waals surface area (Å²) in [5.41, 5.74) is 2.48. The zero-order chi connectivity index (χ0) is 12.6. The summed E-state index contributed by atoms with van der Waals surface area (Å²) in [5, 5.41) is 0.568. The molecule has 0 spiro atoms. The first-order chi connectivity index (χ1) is 7.99. The lowest BCUT2D eigenvalue weighted by molar-refractivity contribution is 0.104. The largest absolute Gasteiger partial charge is 0.288 e. The lowest BCUT2D eigenvalue weighted by Crippen LogP contribution is -2.01. The average molecular weight is 285 g/mol. The van der Waals surface area contributed by atoms with Crippen molar-refractivity contribution >= 4 is 40.3 Å². The predicted molar refractivity (Wildman–Crippen MR) is 73.7 cm³/mol. The predicted octanol–water partition coefficient (Wildman–Crippen LogP) is 4.90. The number of hydrogen-bond donors (Lipinski definition) is 0. The second-order valence-corrected chi connectivity index (χ2v) is 5.95. The van der Waals surface area contributed by atoms with Gasteiger partial charge in [0.1, 0.15) is 0 Å². The quantitative estimate of drug-likeness (QED) is 0.717. The van der Waals surface area contributed by atoms with Crippen molar-refractivity contribution in [1.82, 2.24) is 0 Å². The Morgan fingerprint density at radius 2 is 1.82 bits per heavy atom. The van der Waals surface area contributed by atoms with E-state index in [4.69, 9.17) is 23.2 Å². The van der Waals surface area contributed by atoms with Gasteiger partial charge in [-0.1, -0.05) is 29.3 Å². The molecule has 0 bridgehead atoms. The molecule has 4 heteroatoms. The van der Waals surface area contributed by atoms with Gasteiger partial charge in [0.25, 0.3) is 0 Å². The van der Waals surface area contributed by atoms with Crippen molar-refractivity contribution in [3.05, 3.63) is 55.2 Å². The molecular formula is C13H10Cl2OS. The Bertz CT molecular complexity index is 568. The first kappa shape index (κ1) is 12.6. The summed E-state index contributed by atoms with van der Waals surface area (Å²) in [6.45, 7) is 3.78. The smallest absolute Gasteiger partial charge is 0.203 e. The van der Waals surface area contributed by atoms with Gasteiger partial charge in [-0.25, -0.2) is 0 Å². The molecule has 0 amide bonds. The van der Waals surface area contributed by atoms with Crippen molar-refractivity contribution in [3.8, 4) is 0 Å². The number of thiophene rings is 1. The van der Waals surface area contributed by atoms with Crippen LogP contribution in [-0.2, 0) is 0 Å². The number of benzene rings is 1. The highest BCUT2D eigenvalue weighted by Crippen LogP contribution is 2.29. The molecule has 0 N–H and O–H groups in total. The summed E-state index contributed by atoms with van der Waals surface area (Å²) in [5.74, 6) is -0.0231. The van der Waals surface area contributed by atoms with Crippen LogP contribution in [0.2, 0.25) is 9.36 Å². The van der Waals surface area contributed by atoms with Crippen LogP contribution in [0.25, 0.3) is 0 Å². The van der Waals surface area contributed by atoms with E-state index in [9.17, 15) is 4.79 Å². The Morgan fingerprint density at radius 3 is 2.41 bits per heavy atom. The van der Waals surface area contributed by atoms with Crippen LogP contribution >= 0.6 is 34.5 Å². The Kier molecular flexibility index (Phi) is 3.57. The molecule has 0 saturated carbocycles. The summed E-state index contributed by atoms with van der Waals surface area (Å²) >= 11 is 13.2. The van der Waals surface area contributed by atoms with Crippen molar-refractivity contribution < 1.29 is 4.79 Å². The molecule has 1 heterocycles. The van der Waals surface area contributed by atoms with Crippen molar-refractivity contribution in [2.45, 2.75) is 13.8 Å². The maximum Gasteiger partial charge on any atom is 0.203 e. The second-order valence-electron chi connectivity index (χ2n) is 3.86. The molecule has 17 heavy (non-hydrogen) atoms. The standard InChI is InChI=1S/C13H10Cl2OS/c1-7-3-4-9(14)6-10(7)12(16)11-5-8(2)13(15)17-11/h3-6H,1-2H3. The van der Waals surface area contributed by atoms with Gasteiger partial charge in [-0.2, -0.15) is 0 Å². The number of carbonyl (C=O) groups excluding carboxylic acids is 1. The van der Waals surface area contributed by atoms with E-state index in [1.807, 2.05) is 26.0 Å². The Morgan fingerprint density at radius 1 is 1.12 bits per heavy atom. The maximum absolute atomic E-state index is 12.3. The molecule has 1 aromatic heterocycles. The number of hydrogen-bond acceptors (Lipinski definition) is 2. The van der Waals surface area contributed by atoms with Crippen molar-refractivity contribution in [3.63, 3.8) is 0 Å². The van der Waals surface area contributed by atoms with Crippen LogP contribution in [0.15, 0.2) is 24.3 Å². The van der Waals surface area contributed by atoms with Gasteiger partial charge in [0, 0.05) is 10.6 Å². The van der Waals surface area contributed by atoms with Crippen LogP contribution in [0, 0.1) is 13.8 Å². The number of halogens is 2. The third-order valence-corrected chi connectivity index (χ3v) is 4.31. The van der Waals surface area contributed by atoms with E-state index < -0.39 is 0 Å². The summed E-state index contributed by atoms with van der Waals surface area (Å²) < 4.78 is 0.660. The van der Waals surface area contributed by atoms with E-state index in [0.29, 0.717) is 19.8 Å². The van der Waals surface area contributed by atoms with Crippen LogP contribution in [0.5, 0.6) is 0 Å². The van der Waals surface area contributed by atoms with E-state index in [-0.39, 0.29) is 5.78 Å². The Hall–Kier alpha value is -0.830. The van der Waals surface area contributed by atoms with Gasteiger partial charge in [-0.05, 0) is 43.2 Å². The van der Waals surface area contributed by atoms with E-state index in [2.05, 4.69) is 0 Å². The van der Waals surface area contributed by atoms with Gasteiger partial charge < -0.3 is 0 Å². The van der Waals surface area contributed by atoms with E-state index in [0.717, 1.165) is 11.1 Å². The molecule has 2 aromatic rings. The zero-order valence-electron chi connectivity index (χ0n) is 9.38. The average Bonchev–Trinajstić information content (AvgIpc) is 2.62. The fraction of sp³-hybridized carbons (Fsp3) is 0.154. The highest BCUT2D eigenvalue weighted by atomic mass is 35.5. The van der Waals surface area contributed by atoms with Gasteiger partial charge in [0.05, 0.1) is 9.21 Å². The van der Waals surface area contributed by atoms with Crippen LogP contribution in [0.3, 0.4) is 0 Å². The molecule has 0 aliphatic heterocycles. The van der Waals surface area contributed by atoms with E-state index in [1.165, 1.54) is 11.3 Å². The van der Waals surface area contributed by atoms with Gasteiger partial charge in [-0.15, -0.1) is 11.3 Å². The molecule has 0 unspecified atom stereocenters. The van der Waals surface area contributed by atoms with Crippen LogP contribution in [0.4, 0.5) is 0 Å². The lowest BCUT2D eigenvalue weighted by Gasteiger charge is -2.03. The molecule has 0 radical (unpaired) electrons. The molecule has 0 aliphatic carbocycles. The van der Waals surface area contributed by atoms with Crippen LogP contribution < -0.4 is 0 Å². The zero-order valence-corrected chi connectivity index (χ0v) is 11.7. The molecule has 0 fully saturated rings. The third-order valence-electron chi connectivity index (χ3n) is 2.53. The lowest BCUT2D eigenvalue weighted by atomic mass is 10.0. The Balaban J connectivity index is 2.47. The molecule has 0 atom stereocenters. The number of ketones is 1. The van der Waals surface area contributed by atoms with Gasteiger partial charge in [0.15, 0.2) is 0 Å². The van der Waals surface area contributed by atoms with Gasteiger partial charge in [-0.3, -0.25) is 4.79 Å². The number of carbonyl (C=O) groups is 1. The van der Waals surface area contributed by atoms with E-state index >= 15 is 0 Å². The SMILES string of the molecule is Cc1ccc(Cl)cc1C(=O)c1cc(C)c(Cl)s1. The molecule has 1 aromatic carbocycles. The minimum atomic E-state index is -0.0231. The maximum atomic E-state index is 12.3. The highest BCUT2D eigenvalue weighted by molar-refractivity contribution is 7.18. The fourth-order valence-corrected chi connectivity index (χ4v) is 2.87. The summed E-state index contributed by atoms with van der Waals surface area (Å²) in [6.07, 6.45) is 0. The summed E-state index contributed by atoms with van der Waals surface area (Å²) in [4.78, 5) is 12.9. The molecule has 2 rings (SSSR count). The van der Waals surface area contributed by atoms with Crippen molar-refractivity contribution in [2.24, 2.45) is 0 Å². The molecule has 0 saturated heterocycles. The minimum absolute atomic E-state index is 0.0231. The van der Waals surface area contributed by atoms with Gasteiger partial charge >= 0.3 is 0 Å². The molecule has 0 aliphatic rings. The monoisotopic (exact) mass is 284 g/mol. The molecule has 1 nitrogen and oxygen atoms in total. The highest BCUT2D eigenvalue weighted by Gasteiger charge is 2.15. The van der Waals surface area contributed by atoms with Crippen molar-refractivity contribution in [1.29, 1.82) is 0 Å². The van der Waals surface area contributed by atoms with Crippen LogP contribution in [-0.4, -0.2) is 5.78 Å². The second kappa shape index (κ2) is 4.81. The molecular weight excluding hydrogens is 275 g/mol. The van der Waals surface area contributed by atoms with Gasteiger partial charge in [0.2, 0.25) is 5.78 Å².